The van der Waals surface area contributed by atoms with Crippen LogP contribution in [0.4, 0.5) is 5.69 Å². The van der Waals surface area contributed by atoms with E-state index in [2.05, 4.69) is 0 Å². The molecule has 0 N–H and O–H groups in total. The first-order valence-electron chi connectivity index (χ1n) is 8.99. The van der Waals surface area contributed by atoms with Gasteiger partial charge in [-0.3, -0.25) is 4.79 Å². The number of rotatable bonds is 5. The maximum atomic E-state index is 13.2. The summed E-state index contributed by atoms with van der Waals surface area (Å²) in [6.07, 6.45) is 1.31. The maximum absolute atomic E-state index is 13.2. The van der Waals surface area contributed by atoms with Crippen molar-refractivity contribution in [2.24, 2.45) is 0 Å². The summed E-state index contributed by atoms with van der Waals surface area (Å²) in [4.78, 5) is 14.8. The molecule has 8 heteroatoms. The van der Waals surface area contributed by atoms with Crippen molar-refractivity contribution in [1.82, 2.24) is 0 Å². The van der Waals surface area contributed by atoms with Crippen molar-refractivity contribution in [2.45, 2.75) is 18.6 Å². The van der Waals surface area contributed by atoms with Crippen LogP contribution in [0.15, 0.2) is 36.4 Å². The average molecular weight is 443 g/mol. The van der Waals surface area contributed by atoms with Crippen LogP contribution in [-0.4, -0.2) is 32.3 Å². The zero-order valence-corrected chi connectivity index (χ0v) is 17.2. The van der Waals surface area contributed by atoms with E-state index in [1.54, 1.807) is 41.3 Å². The first-order valence-corrected chi connectivity index (χ1v) is 10.1. The van der Waals surface area contributed by atoms with Crippen LogP contribution in [0.3, 0.4) is 0 Å². The van der Waals surface area contributed by atoms with Gasteiger partial charge in [0.05, 0.1) is 41.1 Å². The molecule has 1 saturated heterocycles. The van der Waals surface area contributed by atoms with E-state index < -0.39 is 5.79 Å². The van der Waals surface area contributed by atoms with Crippen LogP contribution in [0.25, 0.3) is 0 Å². The highest BCUT2D eigenvalue weighted by atomic mass is 35.5. The molecule has 0 bridgehead atoms. The zero-order valence-electron chi connectivity index (χ0n) is 14.9. The fraction of sp³-hybridized carbons (Fsp3) is 0.350. The fourth-order valence-electron chi connectivity index (χ4n) is 3.46. The number of benzene rings is 2. The second kappa shape index (κ2) is 8.09. The summed E-state index contributed by atoms with van der Waals surface area (Å²) in [6.45, 7) is 1.66. The van der Waals surface area contributed by atoms with Crippen molar-refractivity contribution in [3.05, 3.63) is 57.0 Å². The summed E-state index contributed by atoms with van der Waals surface area (Å²) in [6, 6.07) is 10.5. The minimum absolute atomic E-state index is 0.302. The summed E-state index contributed by atoms with van der Waals surface area (Å²) < 4.78 is 17.4. The fourth-order valence-corrected chi connectivity index (χ4v) is 4.12. The molecule has 148 valence electrons. The molecule has 0 unspecified atom stereocenters. The van der Waals surface area contributed by atoms with Gasteiger partial charge in [-0.25, -0.2) is 0 Å². The van der Waals surface area contributed by atoms with E-state index in [0.29, 0.717) is 64.9 Å². The van der Waals surface area contributed by atoms with Gasteiger partial charge in [-0.2, -0.15) is 0 Å². The minimum atomic E-state index is -1.51. The lowest BCUT2D eigenvalue weighted by Crippen LogP contribution is -2.47. The molecule has 0 saturated carbocycles. The number of fused-ring (bicyclic) bond motifs is 2. The maximum Gasteiger partial charge on any atom is 0.292 e. The number of nitrogens with zero attached hydrogens (tertiary/aromatic N) is 1. The third-order valence-electron chi connectivity index (χ3n) is 4.71. The lowest BCUT2D eigenvalue weighted by molar-refractivity contribution is -0.256. The first kappa shape index (κ1) is 19.8. The Bertz CT molecular complexity index is 882. The molecule has 0 aromatic heterocycles. The van der Waals surface area contributed by atoms with Gasteiger partial charge in [0.2, 0.25) is 0 Å². The molecule has 5 nitrogen and oxygen atoms in total. The molecule has 1 spiro atoms. The van der Waals surface area contributed by atoms with E-state index >= 15 is 0 Å². The Balaban J connectivity index is 1.52. The predicted octanol–water partition coefficient (Wildman–Crippen LogP) is 5.05. The Morgan fingerprint density at radius 3 is 2.39 bits per heavy atom. The van der Waals surface area contributed by atoms with Gasteiger partial charge in [0.1, 0.15) is 5.75 Å². The zero-order chi connectivity index (χ0) is 19.7. The average Bonchev–Trinajstić information content (AvgIpc) is 2.94. The smallest absolute Gasteiger partial charge is 0.292 e. The van der Waals surface area contributed by atoms with Crippen molar-refractivity contribution < 1.29 is 19.0 Å². The Labute approximate surface area is 178 Å². The summed E-state index contributed by atoms with van der Waals surface area (Å²) >= 11 is 18.7. The summed E-state index contributed by atoms with van der Waals surface area (Å²) in [5.41, 5.74) is 1.04. The number of anilines is 1. The van der Waals surface area contributed by atoms with Gasteiger partial charge in [-0.1, -0.05) is 34.8 Å². The number of carbonyl (C=O) groups is 1. The molecule has 0 aliphatic carbocycles. The molecule has 2 aromatic carbocycles. The van der Waals surface area contributed by atoms with Crippen LogP contribution in [0.1, 0.15) is 18.4 Å². The molecule has 1 fully saturated rings. The van der Waals surface area contributed by atoms with Gasteiger partial charge < -0.3 is 19.1 Å². The van der Waals surface area contributed by atoms with Crippen molar-refractivity contribution in [2.75, 3.05) is 31.3 Å². The molecule has 0 radical (unpaired) electrons. The Hall–Kier alpha value is -1.50. The number of carbonyl (C=O) groups excluding carboxylic acids is 1. The Kier molecular flexibility index (Phi) is 5.72. The highest BCUT2D eigenvalue weighted by molar-refractivity contribution is 6.38. The highest BCUT2D eigenvalue weighted by Gasteiger charge is 2.56. The van der Waals surface area contributed by atoms with Crippen LogP contribution in [-0.2, 0) is 20.1 Å². The lowest BCUT2D eigenvalue weighted by Gasteiger charge is -2.32. The summed E-state index contributed by atoms with van der Waals surface area (Å²) in [5.74, 6) is -1.09. The van der Waals surface area contributed by atoms with Crippen LogP contribution in [0.2, 0.25) is 15.1 Å². The summed E-state index contributed by atoms with van der Waals surface area (Å²) in [7, 11) is 0. The van der Waals surface area contributed by atoms with E-state index in [4.69, 9.17) is 49.0 Å². The van der Waals surface area contributed by atoms with Crippen molar-refractivity contribution >= 4 is 46.4 Å². The Morgan fingerprint density at radius 1 is 1.00 bits per heavy atom. The topological polar surface area (TPSA) is 48.0 Å². The molecule has 2 heterocycles. The van der Waals surface area contributed by atoms with Crippen LogP contribution in [0, 0.1) is 0 Å². The van der Waals surface area contributed by atoms with Crippen LogP contribution >= 0.6 is 34.8 Å². The van der Waals surface area contributed by atoms with E-state index in [-0.39, 0.29) is 5.91 Å². The van der Waals surface area contributed by atoms with E-state index in [1.807, 2.05) is 0 Å². The third-order valence-corrected chi connectivity index (χ3v) is 5.58. The molecule has 28 heavy (non-hydrogen) atoms. The van der Waals surface area contributed by atoms with Crippen LogP contribution < -0.4 is 9.64 Å². The number of halogens is 3. The standard InChI is InChI=1S/C20H18Cl3NO4/c21-13-3-5-14(6-4-13)26-10-1-9-24-18-16(23)8-7-15(22)17(18)20(19(24)25)27-11-2-12-28-20/h3-8H,1-2,9-12H2. The van der Waals surface area contributed by atoms with Gasteiger partial charge in [0.15, 0.2) is 0 Å². The highest BCUT2D eigenvalue weighted by Crippen LogP contribution is 2.51. The quantitative estimate of drug-likeness (QED) is 0.608. The van der Waals surface area contributed by atoms with Gasteiger partial charge in [-0.15, -0.1) is 0 Å². The normalized spacial score (nSPS) is 17.8. The SMILES string of the molecule is O=C1N(CCCOc2ccc(Cl)cc2)c2c(Cl)ccc(Cl)c2C12OCCCO2. The molecule has 2 aromatic rings. The van der Waals surface area contributed by atoms with Crippen molar-refractivity contribution in [3.63, 3.8) is 0 Å². The van der Waals surface area contributed by atoms with E-state index in [0.717, 1.165) is 6.42 Å². The number of hydrogen-bond donors (Lipinski definition) is 0. The minimum Gasteiger partial charge on any atom is -0.494 e. The van der Waals surface area contributed by atoms with Crippen LogP contribution in [0.5, 0.6) is 5.75 Å². The monoisotopic (exact) mass is 441 g/mol. The predicted molar refractivity (Wildman–Crippen MR) is 109 cm³/mol. The molecule has 0 atom stereocenters. The van der Waals surface area contributed by atoms with E-state index in [9.17, 15) is 4.79 Å². The van der Waals surface area contributed by atoms with Gasteiger partial charge in [0.25, 0.3) is 11.7 Å². The number of amides is 1. The van der Waals surface area contributed by atoms with Gasteiger partial charge in [-0.05, 0) is 49.2 Å². The van der Waals surface area contributed by atoms with Crippen molar-refractivity contribution in [3.8, 4) is 5.75 Å². The third kappa shape index (κ3) is 3.46. The second-order valence-electron chi connectivity index (χ2n) is 6.53. The van der Waals surface area contributed by atoms with Gasteiger partial charge in [0, 0.05) is 11.6 Å². The number of ether oxygens (including phenoxy) is 3. The largest absolute Gasteiger partial charge is 0.494 e. The second-order valence-corrected chi connectivity index (χ2v) is 7.78. The van der Waals surface area contributed by atoms with Gasteiger partial charge >= 0.3 is 0 Å². The Morgan fingerprint density at radius 2 is 1.68 bits per heavy atom. The number of hydrogen-bond acceptors (Lipinski definition) is 4. The molecule has 4 rings (SSSR count). The van der Waals surface area contributed by atoms with E-state index in [1.165, 1.54) is 0 Å². The molecular weight excluding hydrogens is 425 g/mol. The first-order chi connectivity index (χ1) is 13.5. The molecule has 2 aliphatic heterocycles. The molecule has 1 amide bonds. The summed E-state index contributed by atoms with van der Waals surface area (Å²) in [5, 5.41) is 1.48. The molecule has 2 aliphatic rings. The molecular formula is C20H18Cl3NO4. The van der Waals surface area contributed by atoms with Crippen molar-refractivity contribution in [1.29, 1.82) is 0 Å². The lowest BCUT2D eigenvalue weighted by atomic mass is 10.1.